The molecular formula is C18H14O5S. The Balaban J connectivity index is 1.96. The lowest BCUT2D eigenvalue weighted by molar-refractivity contribution is 0.0760. The van der Waals surface area contributed by atoms with E-state index in [9.17, 15) is 19.2 Å². The first kappa shape index (κ1) is 17.6. The number of Topliss-reactive ketones (excluding diaryl/α,β-unsaturated/α-hetero) is 2. The summed E-state index contributed by atoms with van der Waals surface area (Å²) in [7, 11) is 0. The van der Waals surface area contributed by atoms with Crippen LogP contribution in [0.2, 0.25) is 0 Å². The number of carbonyl (C=O) groups is 4. The van der Waals surface area contributed by atoms with Crippen LogP contribution in [0.25, 0.3) is 0 Å². The van der Waals surface area contributed by atoms with Crippen LogP contribution < -0.4 is 0 Å². The highest BCUT2D eigenvalue weighted by Crippen LogP contribution is 2.17. The van der Waals surface area contributed by atoms with Gasteiger partial charge in [0.15, 0.2) is 11.6 Å². The largest absolute Gasteiger partial charge is 0.379 e. The first-order valence-electron chi connectivity index (χ1n) is 7.03. The van der Waals surface area contributed by atoms with Gasteiger partial charge in [0, 0.05) is 16.7 Å². The lowest BCUT2D eigenvalue weighted by Gasteiger charge is -2.03. The summed E-state index contributed by atoms with van der Waals surface area (Å²) >= 11 is 0.417. The topological polar surface area (TPSA) is 77.5 Å². The molecule has 0 saturated heterocycles. The molecule has 5 nitrogen and oxygen atoms in total. The molecule has 0 heterocycles. The van der Waals surface area contributed by atoms with Crippen LogP contribution in [-0.2, 0) is 4.18 Å². The minimum atomic E-state index is -0.677. The zero-order valence-corrected chi connectivity index (χ0v) is 13.9. The standard InChI is InChI=1S/C18H14O5S/c1-11(19)13-3-7-15(8-4-13)17(21)23-24-18(22)16-9-5-14(6-10-16)12(2)20/h3-10H,1-2H3. The molecular weight excluding hydrogens is 328 g/mol. The highest BCUT2D eigenvalue weighted by Gasteiger charge is 2.14. The lowest BCUT2D eigenvalue weighted by atomic mass is 10.1. The summed E-state index contributed by atoms with van der Waals surface area (Å²) in [6, 6.07) is 12.1. The Morgan fingerprint density at radius 1 is 0.667 bits per heavy atom. The maximum Gasteiger partial charge on any atom is 0.350 e. The maximum absolute atomic E-state index is 12.0. The summed E-state index contributed by atoms with van der Waals surface area (Å²) in [5.41, 5.74) is 1.55. The van der Waals surface area contributed by atoms with E-state index >= 15 is 0 Å². The molecule has 0 bridgehead atoms. The van der Waals surface area contributed by atoms with Crippen LogP contribution in [-0.4, -0.2) is 22.7 Å². The monoisotopic (exact) mass is 342 g/mol. The predicted octanol–water partition coefficient (Wildman–Crippen LogP) is 3.74. The van der Waals surface area contributed by atoms with Crippen molar-refractivity contribution in [2.45, 2.75) is 13.8 Å². The molecule has 0 aliphatic carbocycles. The van der Waals surface area contributed by atoms with Gasteiger partial charge in [-0.25, -0.2) is 4.79 Å². The number of carbonyl (C=O) groups excluding carboxylic acids is 4. The van der Waals surface area contributed by atoms with E-state index in [1.807, 2.05) is 0 Å². The molecule has 0 saturated carbocycles. The second-order valence-corrected chi connectivity index (χ2v) is 5.71. The van der Waals surface area contributed by atoms with E-state index in [1.54, 1.807) is 12.1 Å². The Labute approximate surface area is 143 Å². The average Bonchev–Trinajstić information content (AvgIpc) is 2.59. The molecule has 0 unspecified atom stereocenters. The normalized spacial score (nSPS) is 10.1. The van der Waals surface area contributed by atoms with Gasteiger partial charge in [0.2, 0.25) is 0 Å². The highest BCUT2D eigenvalue weighted by atomic mass is 32.2. The van der Waals surface area contributed by atoms with E-state index in [-0.39, 0.29) is 17.1 Å². The van der Waals surface area contributed by atoms with Gasteiger partial charge in [-0.15, -0.1) is 0 Å². The highest BCUT2D eigenvalue weighted by molar-refractivity contribution is 8.10. The minimum Gasteiger partial charge on any atom is -0.379 e. The van der Waals surface area contributed by atoms with Crippen LogP contribution in [0.4, 0.5) is 0 Å². The van der Waals surface area contributed by atoms with Crippen molar-refractivity contribution in [1.82, 2.24) is 0 Å². The SMILES string of the molecule is CC(=O)c1ccc(C(=O)OSC(=O)c2ccc(C(C)=O)cc2)cc1. The molecule has 0 atom stereocenters. The van der Waals surface area contributed by atoms with Crippen LogP contribution in [0.1, 0.15) is 55.3 Å². The van der Waals surface area contributed by atoms with Gasteiger partial charge in [0.05, 0.1) is 5.56 Å². The minimum absolute atomic E-state index is 0.0953. The van der Waals surface area contributed by atoms with Crippen molar-refractivity contribution in [3.63, 3.8) is 0 Å². The van der Waals surface area contributed by atoms with Crippen LogP contribution >= 0.6 is 12.0 Å². The van der Waals surface area contributed by atoms with Gasteiger partial charge in [0.1, 0.15) is 12.0 Å². The van der Waals surface area contributed by atoms with Crippen LogP contribution in [0, 0.1) is 0 Å². The van der Waals surface area contributed by atoms with E-state index in [2.05, 4.69) is 0 Å². The van der Waals surface area contributed by atoms with E-state index in [0.717, 1.165) is 0 Å². The first-order valence-corrected chi connectivity index (χ1v) is 7.78. The second kappa shape index (κ2) is 7.70. The zero-order chi connectivity index (χ0) is 17.7. The van der Waals surface area contributed by atoms with Crippen molar-refractivity contribution >= 4 is 34.7 Å². The fourth-order valence-electron chi connectivity index (χ4n) is 1.85. The van der Waals surface area contributed by atoms with Crippen LogP contribution in [0.15, 0.2) is 48.5 Å². The van der Waals surface area contributed by atoms with Crippen molar-refractivity contribution < 1.29 is 23.4 Å². The molecule has 0 spiro atoms. The molecule has 0 aliphatic rings. The van der Waals surface area contributed by atoms with Gasteiger partial charge in [-0.3, -0.25) is 14.4 Å². The molecule has 2 rings (SSSR count). The van der Waals surface area contributed by atoms with Gasteiger partial charge in [-0.2, -0.15) is 0 Å². The average molecular weight is 342 g/mol. The number of hydrogen-bond donors (Lipinski definition) is 0. The van der Waals surface area contributed by atoms with E-state index in [0.29, 0.717) is 28.7 Å². The molecule has 0 fully saturated rings. The van der Waals surface area contributed by atoms with Crippen molar-refractivity contribution in [3.05, 3.63) is 70.8 Å². The Morgan fingerprint density at radius 3 is 1.46 bits per heavy atom. The van der Waals surface area contributed by atoms with Gasteiger partial charge in [-0.05, 0) is 38.1 Å². The van der Waals surface area contributed by atoms with E-state index in [4.69, 9.17) is 4.18 Å². The summed E-state index contributed by atoms with van der Waals surface area (Å²) < 4.78 is 4.90. The van der Waals surface area contributed by atoms with Crippen LogP contribution in [0.5, 0.6) is 0 Å². The van der Waals surface area contributed by atoms with Crippen LogP contribution in [0.3, 0.4) is 0 Å². The fraction of sp³-hybridized carbons (Fsp3) is 0.111. The van der Waals surface area contributed by atoms with Crippen molar-refractivity contribution in [1.29, 1.82) is 0 Å². The Morgan fingerprint density at radius 2 is 1.04 bits per heavy atom. The molecule has 0 aromatic heterocycles. The molecule has 2 aromatic rings. The molecule has 2 aromatic carbocycles. The number of hydrogen-bond acceptors (Lipinski definition) is 6. The van der Waals surface area contributed by atoms with Crippen molar-refractivity contribution in [2.24, 2.45) is 0 Å². The quantitative estimate of drug-likeness (QED) is 0.622. The zero-order valence-electron chi connectivity index (χ0n) is 13.1. The number of ketones is 2. The summed E-state index contributed by atoms with van der Waals surface area (Å²) in [5.74, 6) is -0.876. The van der Waals surface area contributed by atoms with Gasteiger partial charge >= 0.3 is 5.97 Å². The first-order chi connectivity index (χ1) is 11.4. The third-order valence-electron chi connectivity index (χ3n) is 3.25. The molecule has 122 valence electrons. The Bertz CT molecular complexity index is 722. The third kappa shape index (κ3) is 4.39. The molecule has 0 amide bonds. The summed E-state index contributed by atoms with van der Waals surface area (Å²) in [4.78, 5) is 46.2. The van der Waals surface area contributed by atoms with E-state index in [1.165, 1.54) is 50.2 Å². The lowest BCUT2D eigenvalue weighted by Crippen LogP contribution is -2.04. The predicted molar refractivity (Wildman–Crippen MR) is 90.2 cm³/mol. The Kier molecular flexibility index (Phi) is 5.65. The summed E-state index contributed by atoms with van der Waals surface area (Å²) in [6.07, 6.45) is 0. The number of rotatable bonds is 4. The fourth-order valence-corrected chi connectivity index (χ4v) is 2.33. The maximum atomic E-state index is 12.0. The Hall–Kier alpha value is -2.73. The van der Waals surface area contributed by atoms with E-state index < -0.39 is 11.1 Å². The molecule has 0 aliphatic heterocycles. The van der Waals surface area contributed by atoms with Crippen molar-refractivity contribution in [3.8, 4) is 0 Å². The molecule has 6 heteroatoms. The van der Waals surface area contributed by atoms with Crippen molar-refractivity contribution in [2.75, 3.05) is 0 Å². The third-order valence-corrected chi connectivity index (χ3v) is 3.87. The summed E-state index contributed by atoms with van der Waals surface area (Å²) in [6.45, 7) is 2.87. The molecule has 24 heavy (non-hydrogen) atoms. The van der Waals surface area contributed by atoms with Gasteiger partial charge < -0.3 is 4.18 Å². The smallest absolute Gasteiger partial charge is 0.350 e. The molecule has 0 radical (unpaired) electrons. The van der Waals surface area contributed by atoms with Gasteiger partial charge in [-0.1, -0.05) is 24.3 Å². The molecule has 0 N–H and O–H groups in total. The summed E-state index contributed by atoms with van der Waals surface area (Å²) in [5, 5.41) is -0.446. The van der Waals surface area contributed by atoms with Gasteiger partial charge in [0.25, 0.3) is 5.12 Å². The number of benzene rings is 2. The second-order valence-electron chi connectivity index (χ2n) is 5.01.